The first-order valence-corrected chi connectivity index (χ1v) is 10.2. The first kappa shape index (κ1) is 21.1. The molecule has 0 saturated heterocycles. The molecule has 0 bridgehead atoms. The molecule has 2 aliphatic rings. The van der Waals surface area contributed by atoms with E-state index in [0.717, 1.165) is 5.69 Å². The largest absolute Gasteiger partial charge is 0.383 e. The lowest BCUT2D eigenvalue weighted by molar-refractivity contribution is -0.384. The molecule has 2 aromatic carbocycles. The number of nitro groups is 1. The zero-order valence-electron chi connectivity index (χ0n) is 17.8. The van der Waals surface area contributed by atoms with Gasteiger partial charge in [0, 0.05) is 24.1 Å². The van der Waals surface area contributed by atoms with Crippen LogP contribution in [0.2, 0.25) is 0 Å². The summed E-state index contributed by atoms with van der Waals surface area (Å²) in [4.78, 5) is 24.2. The minimum absolute atomic E-state index is 0.0899. The Balaban J connectivity index is 1.92. The summed E-state index contributed by atoms with van der Waals surface area (Å²) >= 11 is 0. The van der Waals surface area contributed by atoms with Gasteiger partial charge in [-0.3, -0.25) is 20.3 Å². The van der Waals surface area contributed by atoms with Crippen molar-refractivity contribution in [1.29, 1.82) is 5.26 Å². The van der Waals surface area contributed by atoms with Crippen molar-refractivity contribution in [2.75, 3.05) is 5.43 Å². The molecule has 2 aromatic rings. The second-order valence-electron chi connectivity index (χ2n) is 8.81. The number of carbonyl (C=O) groups is 1. The van der Waals surface area contributed by atoms with E-state index < -0.39 is 10.8 Å². The number of ketones is 1. The molecule has 1 heterocycles. The molecule has 3 N–H and O–H groups in total. The van der Waals surface area contributed by atoms with Crippen LogP contribution in [0.15, 0.2) is 77.3 Å². The van der Waals surface area contributed by atoms with Crippen LogP contribution in [0.3, 0.4) is 0 Å². The van der Waals surface area contributed by atoms with Gasteiger partial charge in [-0.2, -0.15) is 5.26 Å². The van der Waals surface area contributed by atoms with Crippen molar-refractivity contribution < 1.29 is 9.72 Å². The Kier molecular flexibility index (Phi) is 5.18. The van der Waals surface area contributed by atoms with Crippen LogP contribution in [0.1, 0.15) is 38.2 Å². The summed E-state index contributed by atoms with van der Waals surface area (Å²) in [5, 5.41) is 23.0. The molecule has 0 amide bonds. The highest BCUT2D eigenvalue weighted by molar-refractivity contribution is 6.00. The average molecular weight is 429 g/mol. The lowest BCUT2D eigenvalue weighted by Gasteiger charge is -2.43. The van der Waals surface area contributed by atoms with Gasteiger partial charge in [0.25, 0.3) is 5.69 Å². The molecule has 1 aliphatic heterocycles. The highest BCUT2D eigenvalue weighted by Crippen LogP contribution is 2.49. The molecule has 0 unspecified atom stereocenters. The third-order valence-corrected chi connectivity index (χ3v) is 5.81. The van der Waals surface area contributed by atoms with Crippen LogP contribution in [-0.4, -0.2) is 15.7 Å². The van der Waals surface area contributed by atoms with Gasteiger partial charge in [0.2, 0.25) is 0 Å². The summed E-state index contributed by atoms with van der Waals surface area (Å²) < 4.78 is 0. The second kappa shape index (κ2) is 7.85. The van der Waals surface area contributed by atoms with Crippen molar-refractivity contribution in [2.24, 2.45) is 11.1 Å². The summed E-state index contributed by atoms with van der Waals surface area (Å²) in [7, 11) is 0. The lowest BCUT2D eigenvalue weighted by Crippen LogP contribution is -2.44. The van der Waals surface area contributed by atoms with Crippen molar-refractivity contribution in [1.82, 2.24) is 5.01 Å². The van der Waals surface area contributed by atoms with Gasteiger partial charge in [-0.05, 0) is 29.5 Å². The monoisotopic (exact) mass is 429 g/mol. The number of carbonyl (C=O) groups excluding carboxylic acids is 1. The van der Waals surface area contributed by atoms with Crippen molar-refractivity contribution in [3.63, 3.8) is 0 Å². The van der Waals surface area contributed by atoms with Gasteiger partial charge in [0.1, 0.15) is 5.82 Å². The Morgan fingerprint density at radius 3 is 2.56 bits per heavy atom. The van der Waals surface area contributed by atoms with Gasteiger partial charge < -0.3 is 5.73 Å². The molecule has 0 aromatic heterocycles. The molecule has 162 valence electrons. The van der Waals surface area contributed by atoms with E-state index >= 15 is 0 Å². The summed E-state index contributed by atoms with van der Waals surface area (Å²) in [5.41, 5.74) is 11.9. The van der Waals surface area contributed by atoms with Gasteiger partial charge in [0.15, 0.2) is 5.78 Å². The fourth-order valence-corrected chi connectivity index (χ4v) is 4.43. The number of non-ortho nitro benzene ring substituents is 1. The quantitative estimate of drug-likeness (QED) is 0.546. The van der Waals surface area contributed by atoms with Gasteiger partial charge >= 0.3 is 0 Å². The SMILES string of the molecule is CC1(C)CC(=O)C2=C(C1)N(Nc1ccccc1)C(N)=C(C#N)[C@H]2c1cccc([N+](=O)[O-])c1. The number of benzene rings is 2. The Morgan fingerprint density at radius 1 is 1.19 bits per heavy atom. The maximum atomic E-state index is 13.4. The topological polar surface area (TPSA) is 125 Å². The predicted molar refractivity (Wildman–Crippen MR) is 120 cm³/mol. The van der Waals surface area contributed by atoms with Crippen LogP contribution in [0.4, 0.5) is 11.4 Å². The minimum Gasteiger partial charge on any atom is -0.383 e. The molecule has 1 aliphatic carbocycles. The van der Waals surface area contributed by atoms with E-state index in [9.17, 15) is 20.2 Å². The van der Waals surface area contributed by atoms with Crippen LogP contribution in [0.25, 0.3) is 0 Å². The third-order valence-electron chi connectivity index (χ3n) is 5.81. The van der Waals surface area contributed by atoms with E-state index in [1.54, 1.807) is 17.1 Å². The van der Waals surface area contributed by atoms with Gasteiger partial charge in [-0.25, -0.2) is 5.01 Å². The number of allylic oxidation sites excluding steroid dienone is 3. The normalized spacial score (nSPS) is 20.0. The van der Waals surface area contributed by atoms with Crippen molar-refractivity contribution in [3.8, 4) is 6.07 Å². The number of Topliss-reactive ketones (excluding diaryl/α,β-unsaturated/α-hetero) is 1. The molecule has 1 atom stereocenters. The van der Waals surface area contributed by atoms with E-state index in [2.05, 4.69) is 11.5 Å². The molecular formula is C24H23N5O3. The number of nitrogens with two attached hydrogens (primary N) is 1. The zero-order valence-corrected chi connectivity index (χ0v) is 17.8. The Labute approximate surface area is 185 Å². The fraction of sp³-hybridized carbons (Fsp3) is 0.250. The summed E-state index contributed by atoms with van der Waals surface area (Å²) in [5.74, 6) is -0.669. The average Bonchev–Trinajstić information content (AvgIpc) is 2.75. The van der Waals surface area contributed by atoms with Crippen LogP contribution < -0.4 is 11.2 Å². The Hall–Kier alpha value is -4.12. The van der Waals surface area contributed by atoms with Crippen molar-refractivity contribution in [2.45, 2.75) is 32.6 Å². The van der Waals surface area contributed by atoms with Crippen LogP contribution in [0, 0.1) is 26.9 Å². The maximum absolute atomic E-state index is 13.4. The number of para-hydroxylation sites is 1. The molecule has 0 radical (unpaired) electrons. The molecule has 0 spiro atoms. The first-order chi connectivity index (χ1) is 15.2. The molecule has 32 heavy (non-hydrogen) atoms. The fourth-order valence-electron chi connectivity index (χ4n) is 4.43. The number of hydrogen-bond donors (Lipinski definition) is 2. The smallest absolute Gasteiger partial charge is 0.269 e. The van der Waals surface area contributed by atoms with E-state index in [1.807, 2.05) is 44.2 Å². The predicted octanol–water partition coefficient (Wildman–Crippen LogP) is 4.36. The van der Waals surface area contributed by atoms with Gasteiger partial charge in [-0.15, -0.1) is 0 Å². The number of nitro benzene ring substituents is 1. The molecule has 4 rings (SSSR count). The first-order valence-electron chi connectivity index (χ1n) is 10.2. The van der Waals surface area contributed by atoms with Crippen molar-refractivity contribution in [3.05, 3.63) is 92.9 Å². The van der Waals surface area contributed by atoms with Crippen molar-refractivity contribution >= 4 is 17.2 Å². The molecule has 8 heteroatoms. The third kappa shape index (κ3) is 3.69. The van der Waals surface area contributed by atoms with E-state index in [0.29, 0.717) is 29.7 Å². The van der Waals surface area contributed by atoms with Crippen LogP contribution in [-0.2, 0) is 4.79 Å². The van der Waals surface area contributed by atoms with Gasteiger partial charge in [0.05, 0.1) is 33.9 Å². The standard InChI is InChI=1S/C24H23N5O3/c1-24(2)12-19-22(20(30)13-24)21(15-7-6-10-17(11-15)29(31)32)18(14-25)23(26)28(19)27-16-8-4-3-5-9-16/h3-11,21,27H,12-13,26H2,1-2H3/t21-/m1/s1. The number of rotatable bonds is 4. The van der Waals surface area contributed by atoms with Crippen LogP contribution in [0.5, 0.6) is 0 Å². The highest BCUT2D eigenvalue weighted by atomic mass is 16.6. The van der Waals surface area contributed by atoms with E-state index in [4.69, 9.17) is 5.73 Å². The van der Waals surface area contributed by atoms with E-state index in [-0.39, 0.29) is 28.3 Å². The lowest BCUT2D eigenvalue weighted by atomic mass is 9.69. The van der Waals surface area contributed by atoms with E-state index in [1.165, 1.54) is 12.1 Å². The number of nitrogens with zero attached hydrogens (tertiary/aromatic N) is 3. The van der Waals surface area contributed by atoms with Crippen LogP contribution >= 0.6 is 0 Å². The number of hydrazine groups is 1. The number of hydrogen-bond acceptors (Lipinski definition) is 7. The molecule has 0 fully saturated rings. The summed E-state index contributed by atoms with van der Waals surface area (Å²) in [6, 6.07) is 17.6. The maximum Gasteiger partial charge on any atom is 0.269 e. The highest BCUT2D eigenvalue weighted by Gasteiger charge is 2.44. The summed E-state index contributed by atoms with van der Waals surface area (Å²) in [6.45, 7) is 4.02. The minimum atomic E-state index is -0.757. The second-order valence-corrected chi connectivity index (χ2v) is 8.81. The number of anilines is 1. The zero-order chi connectivity index (χ0) is 23.0. The number of nitriles is 1. The molecule has 8 nitrogen and oxygen atoms in total. The number of nitrogens with one attached hydrogen (secondary N) is 1. The summed E-state index contributed by atoms with van der Waals surface area (Å²) in [6.07, 6.45) is 0.869. The van der Waals surface area contributed by atoms with Gasteiger partial charge in [-0.1, -0.05) is 44.2 Å². The Morgan fingerprint density at radius 2 is 1.91 bits per heavy atom. The molecule has 0 saturated carbocycles. The molecular weight excluding hydrogens is 406 g/mol. The Bertz CT molecular complexity index is 1210.